The van der Waals surface area contributed by atoms with Crippen LogP contribution in [0.25, 0.3) is 16.8 Å². The monoisotopic (exact) mass is 198 g/mol. The van der Waals surface area contributed by atoms with Gasteiger partial charge in [-0.05, 0) is 23.3 Å². The van der Waals surface area contributed by atoms with Gasteiger partial charge in [0.1, 0.15) is 6.29 Å². The van der Waals surface area contributed by atoms with Crippen LogP contribution in [0.5, 0.6) is 0 Å². The summed E-state index contributed by atoms with van der Waals surface area (Å²) in [5.74, 6) is 0. The van der Waals surface area contributed by atoms with Crippen LogP contribution >= 0.6 is 0 Å². The molecule has 0 N–H and O–H groups in total. The first-order chi connectivity index (χ1) is 7.33. The number of rotatable bonds is 1. The molecule has 76 valence electrons. The zero-order chi connectivity index (χ0) is 11.1. The summed E-state index contributed by atoms with van der Waals surface area (Å²) in [4.78, 5) is 8.81. The van der Waals surface area contributed by atoms with Gasteiger partial charge in [0.05, 0.1) is 0 Å². The van der Waals surface area contributed by atoms with Crippen LogP contribution in [0.3, 0.4) is 0 Å². The van der Waals surface area contributed by atoms with Gasteiger partial charge in [0.15, 0.2) is 0 Å². The molecule has 2 aromatic rings. The molecule has 0 aliphatic carbocycles. The van der Waals surface area contributed by atoms with Crippen LogP contribution < -0.4 is 0 Å². The number of fused-ring (bicyclic) bond motifs is 1. The molecule has 0 fully saturated rings. The molecular weight excluding hydrogens is 184 g/mol. The minimum atomic E-state index is 0.750. The minimum Gasteiger partial charge on any atom is -0.304 e. The third kappa shape index (κ3) is 2.78. The predicted octanol–water partition coefficient (Wildman–Crippen LogP) is 3.69. The van der Waals surface area contributed by atoms with Crippen molar-refractivity contribution in [1.29, 1.82) is 0 Å². The van der Waals surface area contributed by atoms with E-state index < -0.39 is 0 Å². The Kier molecular flexibility index (Phi) is 4.30. The normalized spacial score (nSPS) is 8.87. The highest BCUT2D eigenvalue weighted by Crippen LogP contribution is 2.18. The van der Waals surface area contributed by atoms with Gasteiger partial charge >= 0.3 is 0 Å². The summed E-state index contributed by atoms with van der Waals surface area (Å²) in [7, 11) is 0. The number of aldehydes is 1. The van der Waals surface area contributed by atoms with Crippen molar-refractivity contribution in [1.82, 2.24) is 0 Å². The number of carbonyl (C=O) groups excluding carboxylic acids is 1. The summed E-state index contributed by atoms with van der Waals surface area (Å²) in [6, 6.07) is 14.6. The maximum Gasteiger partial charge on any atom is 0.116 e. The molecule has 0 aliphatic rings. The van der Waals surface area contributed by atoms with Crippen molar-refractivity contribution < 1.29 is 4.79 Å². The fraction of sp³-hybridized carbons (Fsp3) is 0.0714. The minimum absolute atomic E-state index is 0.750. The second-order valence-electron chi connectivity index (χ2n) is 3.01. The average molecular weight is 198 g/mol. The van der Waals surface area contributed by atoms with E-state index in [4.69, 9.17) is 4.79 Å². The fourth-order valence-corrected chi connectivity index (χ4v) is 1.43. The van der Waals surface area contributed by atoms with Crippen molar-refractivity contribution in [2.24, 2.45) is 0 Å². The Morgan fingerprint density at radius 1 is 1.07 bits per heavy atom. The molecule has 0 bridgehead atoms. The molecule has 1 nitrogen and oxygen atoms in total. The van der Waals surface area contributed by atoms with Gasteiger partial charge in [0.2, 0.25) is 0 Å². The first-order valence-corrected chi connectivity index (χ1v) is 4.83. The molecule has 0 aromatic heterocycles. The molecule has 1 heteroatoms. The largest absolute Gasteiger partial charge is 0.304 e. The Balaban J connectivity index is 0.000000337. The summed E-state index contributed by atoms with van der Waals surface area (Å²) in [5.41, 5.74) is 1.20. The Hall–Kier alpha value is -1.89. The highest BCUT2D eigenvalue weighted by molar-refractivity contribution is 5.90. The summed E-state index contributed by atoms with van der Waals surface area (Å²) < 4.78 is 0. The van der Waals surface area contributed by atoms with E-state index in [1.165, 1.54) is 23.3 Å². The van der Waals surface area contributed by atoms with E-state index in [0.717, 1.165) is 6.29 Å². The standard InChI is InChI=1S/C12H10.C2H4O/c1-2-10-7-5-8-11-6-3-4-9-12(10)11;1-2-3/h2-9H,1H2;2H,1H3. The molecule has 0 unspecified atom stereocenters. The summed E-state index contributed by atoms with van der Waals surface area (Å²) in [6.07, 6.45) is 2.64. The van der Waals surface area contributed by atoms with Gasteiger partial charge in [-0.2, -0.15) is 0 Å². The quantitative estimate of drug-likeness (QED) is 0.639. The van der Waals surface area contributed by atoms with Crippen molar-refractivity contribution in [3.05, 3.63) is 54.6 Å². The van der Waals surface area contributed by atoms with Crippen LogP contribution in [0.15, 0.2) is 49.0 Å². The van der Waals surface area contributed by atoms with Gasteiger partial charge in [-0.25, -0.2) is 0 Å². The summed E-state index contributed by atoms with van der Waals surface area (Å²) >= 11 is 0. The van der Waals surface area contributed by atoms with E-state index in [0.29, 0.717) is 0 Å². The zero-order valence-electron chi connectivity index (χ0n) is 8.81. The van der Waals surface area contributed by atoms with Gasteiger partial charge in [0, 0.05) is 0 Å². The van der Waals surface area contributed by atoms with Gasteiger partial charge in [-0.3, -0.25) is 0 Å². The fourth-order valence-electron chi connectivity index (χ4n) is 1.43. The first kappa shape index (κ1) is 11.2. The van der Waals surface area contributed by atoms with Crippen LogP contribution in [0.4, 0.5) is 0 Å². The van der Waals surface area contributed by atoms with Crippen LogP contribution in [0, 0.1) is 0 Å². The van der Waals surface area contributed by atoms with Gasteiger partial charge in [0.25, 0.3) is 0 Å². The van der Waals surface area contributed by atoms with Crippen molar-refractivity contribution in [2.45, 2.75) is 6.92 Å². The van der Waals surface area contributed by atoms with Crippen LogP contribution in [0.2, 0.25) is 0 Å². The van der Waals surface area contributed by atoms with E-state index in [2.05, 4.69) is 49.0 Å². The van der Waals surface area contributed by atoms with Crippen LogP contribution in [-0.2, 0) is 4.79 Å². The van der Waals surface area contributed by atoms with E-state index in [1.54, 1.807) is 0 Å². The number of carbonyl (C=O) groups is 1. The molecule has 2 rings (SSSR count). The predicted molar refractivity (Wildman–Crippen MR) is 65.8 cm³/mol. The molecule has 0 amide bonds. The second-order valence-corrected chi connectivity index (χ2v) is 3.01. The number of benzene rings is 2. The lowest BCUT2D eigenvalue weighted by atomic mass is 10.1. The third-order valence-corrected chi connectivity index (χ3v) is 2.04. The highest BCUT2D eigenvalue weighted by atomic mass is 16.1. The molecule has 0 heterocycles. The van der Waals surface area contributed by atoms with Crippen molar-refractivity contribution in [2.75, 3.05) is 0 Å². The maximum atomic E-state index is 8.81. The molecule has 15 heavy (non-hydrogen) atoms. The number of hydrogen-bond donors (Lipinski definition) is 0. The van der Waals surface area contributed by atoms with E-state index in [-0.39, 0.29) is 0 Å². The van der Waals surface area contributed by atoms with Crippen molar-refractivity contribution >= 4 is 23.1 Å². The Bertz CT molecular complexity index is 452. The molecule has 0 saturated heterocycles. The smallest absolute Gasteiger partial charge is 0.116 e. The molecule has 2 aromatic carbocycles. The maximum absolute atomic E-state index is 8.81. The Labute approximate surface area is 90.1 Å². The topological polar surface area (TPSA) is 17.1 Å². The van der Waals surface area contributed by atoms with Gasteiger partial charge < -0.3 is 4.79 Å². The zero-order valence-corrected chi connectivity index (χ0v) is 8.81. The molecular formula is C14H14O. The van der Waals surface area contributed by atoms with Crippen molar-refractivity contribution in [3.8, 4) is 0 Å². The van der Waals surface area contributed by atoms with Gasteiger partial charge in [-0.1, -0.05) is 55.1 Å². The van der Waals surface area contributed by atoms with E-state index in [9.17, 15) is 0 Å². The summed E-state index contributed by atoms with van der Waals surface area (Å²) in [5, 5.41) is 2.55. The lowest BCUT2D eigenvalue weighted by Gasteiger charge is -1.99. The van der Waals surface area contributed by atoms with Gasteiger partial charge in [-0.15, -0.1) is 0 Å². The summed E-state index contributed by atoms with van der Waals surface area (Å²) in [6.45, 7) is 5.23. The van der Waals surface area contributed by atoms with Crippen molar-refractivity contribution in [3.63, 3.8) is 0 Å². The molecule has 0 spiro atoms. The lowest BCUT2D eigenvalue weighted by Crippen LogP contribution is -1.75. The van der Waals surface area contributed by atoms with Crippen LogP contribution in [-0.4, -0.2) is 6.29 Å². The van der Waals surface area contributed by atoms with E-state index >= 15 is 0 Å². The lowest BCUT2D eigenvalue weighted by molar-refractivity contribution is -0.106. The highest BCUT2D eigenvalue weighted by Gasteiger charge is 1.93. The third-order valence-electron chi connectivity index (χ3n) is 2.04. The SMILES string of the molecule is C=Cc1cccc2ccccc12.CC=O. The second kappa shape index (κ2) is 5.76. The Morgan fingerprint density at radius 2 is 1.67 bits per heavy atom. The molecule has 0 saturated carbocycles. The first-order valence-electron chi connectivity index (χ1n) is 4.83. The van der Waals surface area contributed by atoms with E-state index in [1.807, 2.05) is 6.08 Å². The Morgan fingerprint density at radius 3 is 2.33 bits per heavy atom. The van der Waals surface area contributed by atoms with Crippen LogP contribution in [0.1, 0.15) is 12.5 Å². The molecule has 0 aliphatic heterocycles. The molecule has 0 radical (unpaired) electrons. The average Bonchev–Trinajstić information content (AvgIpc) is 2.29. The molecule has 0 atom stereocenters. The number of hydrogen-bond acceptors (Lipinski definition) is 1.